The normalized spacial score (nSPS) is 12.6. The lowest BCUT2D eigenvalue weighted by Crippen LogP contribution is -2.28. The van der Waals surface area contributed by atoms with Gasteiger partial charge in [-0.1, -0.05) is 6.07 Å². The van der Waals surface area contributed by atoms with Crippen molar-refractivity contribution in [3.8, 4) is 5.75 Å². The Kier molecular flexibility index (Phi) is 5.32. The van der Waals surface area contributed by atoms with Crippen LogP contribution in [0.1, 0.15) is 26.9 Å². The Morgan fingerprint density at radius 2 is 1.92 bits per heavy atom. The molecule has 136 valence electrons. The molecule has 0 spiro atoms. The second-order valence-corrected chi connectivity index (χ2v) is 6.34. The summed E-state index contributed by atoms with van der Waals surface area (Å²) in [5, 5.41) is 4.72. The van der Waals surface area contributed by atoms with Gasteiger partial charge in [0.15, 0.2) is 0 Å². The molecule has 26 heavy (non-hydrogen) atoms. The molecule has 8 heteroatoms. The zero-order chi connectivity index (χ0) is 18.6. The monoisotopic (exact) mass is 381 g/mol. The van der Waals surface area contributed by atoms with Crippen molar-refractivity contribution in [3.63, 3.8) is 0 Å². The molecule has 1 atom stereocenters. The Hall–Kier alpha value is -2.74. The van der Waals surface area contributed by atoms with Gasteiger partial charge in [0.25, 0.3) is 5.91 Å². The van der Waals surface area contributed by atoms with Gasteiger partial charge in [0, 0.05) is 17.0 Å². The first-order valence-electron chi connectivity index (χ1n) is 7.63. The zero-order valence-electron chi connectivity index (χ0n) is 13.3. The predicted octanol–water partition coefficient (Wildman–Crippen LogP) is 4.80. The van der Waals surface area contributed by atoms with Crippen LogP contribution in [-0.2, 0) is 0 Å². The van der Waals surface area contributed by atoms with E-state index >= 15 is 0 Å². The van der Waals surface area contributed by atoms with Gasteiger partial charge in [-0.05, 0) is 47.8 Å². The van der Waals surface area contributed by atoms with Crippen LogP contribution in [0.25, 0.3) is 0 Å². The van der Waals surface area contributed by atoms with Crippen molar-refractivity contribution in [1.29, 1.82) is 0 Å². The van der Waals surface area contributed by atoms with Crippen LogP contribution in [0.4, 0.5) is 13.2 Å². The molecular weight excluding hydrogens is 367 g/mol. The maximum Gasteiger partial charge on any atom is 0.573 e. The molecule has 0 saturated heterocycles. The van der Waals surface area contributed by atoms with Crippen molar-refractivity contribution in [3.05, 3.63) is 76.4 Å². The average molecular weight is 381 g/mol. The van der Waals surface area contributed by atoms with Gasteiger partial charge in [0.2, 0.25) is 0 Å². The van der Waals surface area contributed by atoms with E-state index in [2.05, 4.69) is 10.1 Å². The molecule has 0 bridgehead atoms. The molecule has 1 amide bonds. The molecule has 0 radical (unpaired) electrons. The molecule has 2 aromatic heterocycles. The number of amides is 1. The minimum absolute atomic E-state index is 0.137. The number of hydrogen-bond donors (Lipinski definition) is 1. The van der Waals surface area contributed by atoms with Crippen molar-refractivity contribution in [1.82, 2.24) is 5.32 Å². The number of furan rings is 1. The topological polar surface area (TPSA) is 51.5 Å². The molecule has 1 N–H and O–H groups in total. The zero-order valence-corrected chi connectivity index (χ0v) is 14.1. The van der Waals surface area contributed by atoms with E-state index in [1.807, 2.05) is 23.6 Å². The summed E-state index contributed by atoms with van der Waals surface area (Å²) >= 11 is 1.55. The lowest BCUT2D eigenvalue weighted by atomic mass is 10.0. The fourth-order valence-corrected chi connectivity index (χ4v) is 3.26. The van der Waals surface area contributed by atoms with Crippen LogP contribution in [0.2, 0.25) is 0 Å². The van der Waals surface area contributed by atoms with E-state index in [0.29, 0.717) is 6.54 Å². The lowest BCUT2D eigenvalue weighted by molar-refractivity contribution is -0.274. The number of ether oxygens (including phenoxy) is 1. The Bertz CT molecular complexity index is 793. The van der Waals surface area contributed by atoms with E-state index < -0.39 is 12.3 Å². The molecule has 0 saturated carbocycles. The highest BCUT2D eigenvalue weighted by Crippen LogP contribution is 2.28. The molecular formula is C18H14F3NO3S. The van der Waals surface area contributed by atoms with Crippen molar-refractivity contribution < 1.29 is 27.1 Å². The minimum Gasteiger partial charge on any atom is -0.469 e. The summed E-state index contributed by atoms with van der Waals surface area (Å²) in [6.07, 6.45) is -3.20. The third-order valence-corrected chi connectivity index (χ3v) is 4.58. The van der Waals surface area contributed by atoms with Gasteiger partial charge >= 0.3 is 6.36 Å². The smallest absolute Gasteiger partial charge is 0.469 e. The van der Waals surface area contributed by atoms with E-state index in [9.17, 15) is 18.0 Å². The number of rotatable bonds is 6. The summed E-state index contributed by atoms with van der Waals surface area (Å²) in [4.78, 5) is 13.3. The van der Waals surface area contributed by atoms with Crippen LogP contribution in [-0.4, -0.2) is 18.8 Å². The number of carbonyl (C=O) groups excluding carboxylic acids is 1. The molecule has 1 unspecified atom stereocenters. The Morgan fingerprint density at radius 3 is 2.50 bits per heavy atom. The van der Waals surface area contributed by atoms with Crippen LogP contribution in [0.15, 0.2) is 64.6 Å². The van der Waals surface area contributed by atoms with Gasteiger partial charge < -0.3 is 14.5 Å². The van der Waals surface area contributed by atoms with E-state index in [1.165, 1.54) is 12.1 Å². The first-order chi connectivity index (χ1) is 12.4. The van der Waals surface area contributed by atoms with Gasteiger partial charge in [-0.3, -0.25) is 4.79 Å². The summed E-state index contributed by atoms with van der Waals surface area (Å²) < 4.78 is 45.8. The van der Waals surface area contributed by atoms with Crippen molar-refractivity contribution >= 4 is 17.2 Å². The lowest BCUT2D eigenvalue weighted by Gasteiger charge is -2.14. The fourth-order valence-electron chi connectivity index (χ4n) is 2.43. The van der Waals surface area contributed by atoms with E-state index in [0.717, 1.165) is 22.8 Å². The molecule has 0 aliphatic rings. The van der Waals surface area contributed by atoms with Crippen molar-refractivity contribution in [2.75, 3.05) is 6.54 Å². The molecule has 3 rings (SSSR count). The fraction of sp³-hybridized carbons (Fsp3) is 0.167. The average Bonchev–Trinajstić information content (AvgIpc) is 3.28. The number of benzene rings is 1. The molecule has 0 aliphatic heterocycles. The summed E-state index contributed by atoms with van der Waals surface area (Å²) in [6, 6.07) is 12.2. The molecule has 0 fully saturated rings. The Morgan fingerprint density at radius 1 is 1.15 bits per heavy atom. The third kappa shape index (κ3) is 4.66. The highest BCUT2D eigenvalue weighted by Gasteiger charge is 2.31. The summed E-state index contributed by atoms with van der Waals surface area (Å²) in [5.74, 6) is -0.179. The molecule has 0 aliphatic carbocycles. The molecule has 3 aromatic rings. The van der Waals surface area contributed by atoms with E-state index in [4.69, 9.17) is 4.42 Å². The number of halogens is 3. The predicted molar refractivity (Wildman–Crippen MR) is 90.3 cm³/mol. The highest BCUT2D eigenvalue weighted by molar-refractivity contribution is 7.10. The Balaban J connectivity index is 1.65. The van der Waals surface area contributed by atoms with Crippen molar-refractivity contribution in [2.24, 2.45) is 0 Å². The highest BCUT2D eigenvalue weighted by atomic mass is 32.1. The van der Waals surface area contributed by atoms with E-state index in [1.54, 1.807) is 23.7 Å². The van der Waals surface area contributed by atoms with E-state index in [-0.39, 0.29) is 17.2 Å². The Labute approximate surface area is 151 Å². The number of thiophene rings is 1. The summed E-state index contributed by atoms with van der Waals surface area (Å²) in [6.45, 7) is 0.299. The second-order valence-electron chi connectivity index (χ2n) is 5.37. The summed E-state index contributed by atoms with van der Waals surface area (Å²) in [7, 11) is 0. The minimum atomic E-state index is -4.76. The van der Waals surface area contributed by atoms with Crippen LogP contribution in [0, 0.1) is 0 Å². The van der Waals surface area contributed by atoms with Crippen molar-refractivity contribution in [2.45, 2.75) is 12.3 Å². The quantitative estimate of drug-likeness (QED) is 0.667. The summed E-state index contributed by atoms with van der Waals surface area (Å²) in [5.41, 5.74) is 0.240. The number of carbonyl (C=O) groups is 1. The van der Waals surface area contributed by atoms with Crippen LogP contribution < -0.4 is 10.1 Å². The largest absolute Gasteiger partial charge is 0.573 e. The molecule has 2 heterocycles. The van der Waals surface area contributed by atoms with Gasteiger partial charge in [-0.25, -0.2) is 0 Å². The van der Waals surface area contributed by atoms with Gasteiger partial charge in [0.05, 0.1) is 12.2 Å². The maximum absolute atomic E-state index is 12.3. The maximum atomic E-state index is 12.3. The standard InChI is InChI=1S/C18H14F3NO3S/c19-18(20,21)25-13-7-5-12(6-8-13)17(23)22-11-14(15-3-1-9-24-15)16-4-2-10-26-16/h1-10,14H,11H2,(H,22,23). The van der Waals surface area contributed by atoms with Gasteiger partial charge in [-0.15, -0.1) is 24.5 Å². The first-order valence-corrected chi connectivity index (χ1v) is 8.51. The third-order valence-electron chi connectivity index (χ3n) is 3.59. The number of nitrogens with one attached hydrogen (secondary N) is 1. The number of hydrogen-bond acceptors (Lipinski definition) is 4. The second kappa shape index (κ2) is 7.65. The molecule has 4 nitrogen and oxygen atoms in total. The van der Waals surface area contributed by atoms with Crippen LogP contribution >= 0.6 is 11.3 Å². The van der Waals surface area contributed by atoms with Crippen LogP contribution in [0.3, 0.4) is 0 Å². The molecule has 1 aromatic carbocycles. The van der Waals surface area contributed by atoms with Gasteiger partial charge in [0.1, 0.15) is 11.5 Å². The van der Waals surface area contributed by atoms with Crippen LogP contribution in [0.5, 0.6) is 5.75 Å². The number of alkyl halides is 3. The van der Waals surface area contributed by atoms with Gasteiger partial charge in [-0.2, -0.15) is 0 Å². The first kappa shape index (κ1) is 18.1. The SMILES string of the molecule is O=C(NCC(c1ccco1)c1cccs1)c1ccc(OC(F)(F)F)cc1.